The van der Waals surface area contributed by atoms with Crippen LogP contribution in [-0.2, 0) is 0 Å². The molecule has 2 atom stereocenters. The number of nitrogens with zero attached hydrogens (tertiary/aromatic N) is 2. The van der Waals surface area contributed by atoms with Crippen molar-refractivity contribution in [2.24, 2.45) is 10.3 Å². The molecule has 3 nitrogen and oxygen atoms in total. The summed E-state index contributed by atoms with van der Waals surface area (Å²) < 4.78 is 0.379. The molecular weight excluding hydrogens is 217 g/mol. The first kappa shape index (κ1) is 6.25. The molecule has 0 aromatic carbocycles. The molecule has 0 bridgehead atoms. The van der Waals surface area contributed by atoms with E-state index >= 15 is 0 Å². The van der Waals surface area contributed by atoms with E-state index in [4.69, 9.17) is 0 Å². The van der Waals surface area contributed by atoms with E-state index in [9.17, 15) is 0 Å². The van der Waals surface area contributed by atoms with Crippen molar-refractivity contribution in [3.05, 3.63) is 0 Å². The van der Waals surface area contributed by atoms with Crippen LogP contribution >= 0.6 is 22.6 Å². The van der Waals surface area contributed by atoms with E-state index in [1.807, 2.05) is 0 Å². The Morgan fingerprint density at radius 3 is 2.88 bits per heavy atom. The summed E-state index contributed by atoms with van der Waals surface area (Å²) in [5, 5.41) is 7.59. The molecule has 46 valence electrons. The molecule has 1 N–H and O–H groups in total. The smallest absolute Gasteiger partial charge is 0.126 e. The third kappa shape index (κ3) is 1.57. The number of alkyl halides is 1. The Morgan fingerprint density at radius 2 is 2.50 bits per heavy atom. The first-order chi connectivity index (χ1) is 3.79. The highest BCUT2D eigenvalue weighted by Crippen LogP contribution is 2.13. The molecule has 8 heavy (non-hydrogen) atoms. The van der Waals surface area contributed by atoms with Crippen molar-refractivity contribution >= 4 is 22.6 Å². The third-order valence-electron chi connectivity index (χ3n) is 1.01. The molecule has 0 amide bonds. The van der Waals surface area contributed by atoms with E-state index in [2.05, 4.69) is 45.3 Å². The minimum atomic E-state index is 0.379. The van der Waals surface area contributed by atoms with Crippen LogP contribution in [0.3, 0.4) is 0 Å². The Hall–Kier alpha value is 0.130. The molecule has 1 heterocycles. The maximum absolute atomic E-state index is 3.88. The fourth-order valence-corrected chi connectivity index (χ4v) is 1.47. The molecule has 1 aliphatic rings. The number of nitrogens with one attached hydrogen (secondary N) is 1. The van der Waals surface area contributed by atoms with Gasteiger partial charge >= 0.3 is 0 Å². The summed E-state index contributed by atoms with van der Waals surface area (Å²) in [5.41, 5.74) is 2.87. The zero-order valence-corrected chi connectivity index (χ0v) is 6.79. The second-order valence-electron chi connectivity index (χ2n) is 1.92. The largest absolute Gasteiger partial charge is 0.289 e. The van der Waals surface area contributed by atoms with Crippen molar-refractivity contribution in [2.45, 2.75) is 23.4 Å². The molecule has 0 aromatic heterocycles. The van der Waals surface area contributed by atoms with Crippen LogP contribution in [0, 0.1) is 0 Å². The van der Waals surface area contributed by atoms with Gasteiger partial charge in [0.2, 0.25) is 0 Å². The first-order valence-corrected chi connectivity index (χ1v) is 3.83. The fraction of sp³-hybridized carbons (Fsp3) is 1.00. The summed E-state index contributed by atoms with van der Waals surface area (Å²) in [6.45, 7) is 2.10. The lowest BCUT2D eigenvalue weighted by atomic mass is 10.2. The Morgan fingerprint density at radius 1 is 1.75 bits per heavy atom. The highest BCUT2D eigenvalue weighted by Gasteiger charge is 2.11. The number of rotatable bonds is 0. The maximum Gasteiger partial charge on any atom is 0.126 e. The van der Waals surface area contributed by atoms with Gasteiger partial charge in [0.25, 0.3) is 0 Å². The lowest BCUT2D eigenvalue weighted by Crippen LogP contribution is -2.26. The molecule has 0 saturated heterocycles. The average Bonchev–Trinajstić information content (AvgIpc) is 1.64. The molecule has 1 aliphatic heterocycles. The summed E-state index contributed by atoms with van der Waals surface area (Å²) in [6, 6.07) is 0.495. The Kier molecular flexibility index (Phi) is 2.04. The normalized spacial score (nSPS) is 36.8. The van der Waals surface area contributed by atoms with Crippen LogP contribution < -0.4 is 5.43 Å². The quantitative estimate of drug-likeness (QED) is 0.378. The van der Waals surface area contributed by atoms with Gasteiger partial charge in [-0.25, -0.2) is 0 Å². The van der Waals surface area contributed by atoms with E-state index in [0.29, 0.717) is 10.1 Å². The molecule has 1 rings (SSSR count). The predicted molar refractivity (Wildman–Crippen MR) is 39.9 cm³/mol. The van der Waals surface area contributed by atoms with Crippen LogP contribution in [-0.4, -0.2) is 10.1 Å². The summed E-state index contributed by atoms with van der Waals surface area (Å²) in [7, 11) is 0. The summed E-state index contributed by atoms with van der Waals surface area (Å²) in [6.07, 6.45) is 1.09. The SMILES string of the molecule is CC1CC(I)N=NN1. The van der Waals surface area contributed by atoms with Gasteiger partial charge in [0.1, 0.15) is 4.05 Å². The average molecular weight is 225 g/mol. The summed E-state index contributed by atoms with van der Waals surface area (Å²) >= 11 is 2.27. The zero-order valence-electron chi connectivity index (χ0n) is 4.63. The highest BCUT2D eigenvalue weighted by molar-refractivity contribution is 14.1. The van der Waals surface area contributed by atoms with Crippen LogP contribution in [0.2, 0.25) is 0 Å². The topological polar surface area (TPSA) is 36.8 Å². The second-order valence-corrected chi connectivity index (χ2v) is 3.35. The monoisotopic (exact) mass is 225 g/mol. The van der Waals surface area contributed by atoms with E-state index in [1.165, 1.54) is 0 Å². The number of hydrogen-bond acceptors (Lipinski definition) is 3. The van der Waals surface area contributed by atoms with Crippen LogP contribution in [0.1, 0.15) is 13.3 Å². The summed E-state index contributed by atoms with van der Waals surface area (Å²) in [4.78, 5) is 0. The van der Waals surface area contributed by atoms with Crippen LogP contribution in [0.4, 0.5) is 0 Å². The minimum Gasteiger partial charge on any atom is -0.289 e. The molecule has 0 aliphatic carbocycles. The fourth-order valence-electron chi connectivity index (χ4n) is 0.586. The molecule has 0 spiro atoms. The Balaban J connectivity index is 2.42. The molecule has 0 radical (unpaired) electrons. The highest BCUT2D eigenvalue weighted by atomic mass is 127. The second kappa shape index (κ2) is 2.61. The van der Waals surface area contributed by atoms with Crippen LogP contribution in [0.5, 0.6) is 0 Å². The van der Waals surface area contributed by atoms with Gasteiger partial charge in [0.15, 0.2) is 0 Å². The van der Waals surface area contributed by atoms with Gasteiger partial charge in [0.05, 0.1) is 0 Å². The van der Waals surface area contributed by atoms with Crippen LogP contribution in [0.25, 0.3) is 0 Å². The van der Waals surface area contributed by atoms with E-state index < -0.39 is 0 Å². The van der Waals surface area contributed by atoms with Gasteiger partial charge in [-0.15, -0.1) is 0 Å². The lowest BCUT2D eigenvalue weighted by Gasteiger charge is -2.15. The number of halogens is 1. The lowest BCUT2D eigenvalue weighted by molar-refractivity contribution is 0.458. The third-order valence-corrected chi connectivity index (χ3v) is 1.77. The van der Waals surface area contributed by atoms with Gasteiger partial charge in [0, 0.05) is 12.5 Å². The molecule has 0 fully saturated rings. The van der Waals surface area contributed by atoms with Gasteiger partial charge in [-0.2, -0.15) is 5.11 Å². The maximum atomic E-state index is 3.88. The van der Waals surface area contributed by atoms with Gasteiger partial charge in [-0.3, -0.25) is 5.43 Å². The Labute approximate surface area is 62.1 Å². The van der Waals surface area contributed by atoms with Gasteiger partial charge in [-0.1, -0.05) is 27.8 Å². The predicted octanol–water partition coefficient (Wildman–Crippen LogP) is 1.50. The van der Waals surface area contributed by atoms with Crippen molar-refractivity contribution in [1.29, 1.82) is 0 Å². The number of hydrogen-bond donors (Lipinski definition) is 1. The minimum absolute atomic E-state index is 0.379. The molecule has 0 aromatic rings. The molecule has 0 saturated carbocycles. The summed E-state index contributed by atoms with van der Waals surface area (Å²) in [5.74, 6) is 0. The van der Waals surface area contributed by atoms with E-state index in [0.717, 1.165) is 6.42 Å². The zero-order chi connectivity index (χ0) is 5.98. The van der Waals surface area contributed by atoms with Crippen molar-refractivity contribution in [3.63, 3.8) is 0 Å². The Bertz CT molecular complexity index is 103. The van der Waals surface area contributed by atoms with Crippen molar-refractivity contribution in [3.8, 4) is 0 Å². The van der Waals surface area contributed by atoms with Gasteiger partial charge in [-0.05, 0) is 6.92 Å². The molecular formula is C4H8IN3. The van der Waals surface area contributed by atoms with Crippen molar-refractivity contribution in [2.75, 3.05) is 0 Å². The molecule has 2 unspecified atom stereocenters. The van der Waals surface area contributed by atoms with Crippen molar-refractivity contribution < 1.29 is 0 Å². The van der Waals surface area contributed by atoms with Crippen molar-refractivity contribution in [1.82, 2.24) is 5.43 Å². The van der Waals surface area contributed by atoms with Gasteiger partial charge < -0.3 is 0 Å². The van der Waals surface area contributed by atoms with E-state index in [-0.39, 0.29) is 0 Å². The molecule has 4 heteroatoms. The standard InChI is InChI=1S/C4H8IN3/c1-3-2-4(5)7-8-6-3/h3-4H,2H2,1H3,(H,6,7). The van der Waals surface area contributed by atoms with Crippen LogP contribution in [0.15, 0.2) is 10.3 Å². The van der Waals surface area contributed by atoms with E-state index in [1.54, 1.807) is 0 Å². The first-order valence-electron chi connectivity index (χ1n) is 2.58.